The number of aliphatic hydroxyl groups is 2. The van der Waals surface area contributed by atoms with Crippen molar-refractivity contribution in [2.75, 3.05) is 0 Å². The Morgan fingerprint density at radius 2 is 1.97 bits per heavy atom. The summed E-state index contributed by atoms with van der Waals surface area (Å²) in [5.41, 5.74) is 2.66. The minimum atomic E-state index is -0.623. The molecule has 8 atom stereocenters. The predicted octanol–water partition coefficient (Wildman–Crippen LogP) is 5.90. The molecule has 3 saturated carbocycles. The first-order valence-corrected chi connectivity index (χ1v) is 12.3. The lowest BCUT2D eigenvalue weighted by Gasteiger charge is -2.59. The van der Waals surface area contributed by atoms with Crippen LogP contribution in [0, 0.1) is 34.5 Å². The minimum absolute atomic E-state index is 0.129. The van der Waals surface area contributed by atoms with Gasteiger partial charge in [0.1, 0.15) is 0 Å². The van der Waals surface area contributed by atoms with Gasteiger partial charge >= 0.3 is 0 Å². The molecule has 1 aromatic rings. The summed E-state index contributed by atoms with van der Waals surface area (Å²) < 4.78 is 5.23. The van der Waals surface area contributed by atoms with Crippen LogP contribution in [0.2, 0.25) is 0 Å². The monoisotopic (exact) mass is 412 g/mol. The van der Waals surface area contributed by atoms with Gasteiger partial charge in [-0.05, 0) is 117 Å². The Hall–Kier alpha value is -1.06. The highest BCUT2D eigenvalue weighted by Crippen LogP contribution is 2.67. The molecule has 3 fully saturated rings. The second kappa shape index (κ2) is 7.24. The van der Waals surface area contributed by atoms with Crippen molar-refractivity contribution >= 4 is 0 Å². The van der Waals surface area contributed by atoms with Crippen LogP contribution >= 0.6 is 0 Å². The number of rotatable bonds is 4. The van der Waals surface area contributed by atoms with Crippen LogP contribution in [0.4, 0.5) is 0 Å². The Bertz CT molecular complexity index is 793. The molecule has 2 N–H and O–H groups in total. The summed E-state index contributed by atoms with van der Waals surface area (Å²) in [6.07, 6.45) is 16.8. The van der Waals surface area contributed by atoms with Crippen molar-refractivity contribution in [1.82, 2.24) is 0 Å². The smallest absolute Gasteiger partial charge is 0.0934 e. The van der Waals surface area contributed by atoms with Gasteiger partial charge in [-0.1, -0.05) is 25.5 Å². The van der Waals surface area contributed by atoms with Crippen LogP contribution < -0.4 is 0 Å². The zero-order valence-electron chi connectivity index (χ0n) is 19.1. The second-order valence-electron chi connectivity index (χ2n) is 11.8. The fourth-order valence-electron chi connectivity index (χ4n) is 8.67. The van der Waals surface area contributed by atoms with E-state index in [9.17, 15) is 10.2 Å². The zero-order valence-corrected chi connectivity index (χ0v) is 19.1. The summed E-state index contributed by atoms with van der Waals surface area (Å²) in [6, 6.07) is 2.02. The Kier molecular flexibility index (Phi) is 5.02. The third-order valence-electron chi connectivity index (χ3n) is 10.3. The van der Waals surface area contributed by atoms with E-state index in [1.807, 2.05) is 12.3 Å². The maximum atomic E-state index is 11.6. The van der Waals surface area contributed by atoms with Crippen LogP contribution in [0.25, 0.3) is 0 Å². The molecule has 30 heavy (non-hydrogen) atoms. The second-order valence-corrected chi connectivity index (χ2v) is 11.8. The Morgan fingerprint density at radius 3 is 2.73 bits per heavy atom. The van der Waals surface area contributed by atoms with Crippen molar-refractivity contribution in [3.8, 4) is 0 Å². The lowest BCUT2D eigenvalue weighted by Crippen LogP contribution is -2.53. The Balaban J connectivity index is 1.36. The van der Waals surface area contributed by atoms with Crippen molar-refractivity contribution in [3.05, 3.63) is 35.8 Å². The van der Waals surface area contributed by atoms with Gasteiger partial charge in [0.15, 0.2) is 0 Å². The van der Waals surface area contributed by atoms with Gasteiger partial charge in [-0.2, -0.15) is 0 Å². The largest absolute Gasteiger partial charge is 0.472 e. The van der Waals surface area contributed by atoms with E-state index in [-0.39, 0.29) is 11.5 Å². The summed E-state index contributed by atoms with van der Waals surface area (Å²) in [5, 5.41) is 21.8. The van der Waals surface area contributed by atoms with Crippen LogP contribution in [0.1, 0.15) is 84.1 Å². The number of furan rings is 1. The van der Waals surface area contributed by atoms with Gasteiger partial charge in [0, 0.05) is 0 Å². The number of aliphatic hydroxyl groups excluding tert-OH is 1. The Labute approximate surface area is 181 Å². The highest BCUT2D eigenvalue weighted by molar-refractivity contribution is 5.25. The first-order valence-electron chi connectivity index (χ1n) is 12.3. The average Bonchev–Trinajstić information content (AvgIpc) is 3.34. The highest BCUT2D eigenvalue weighted by atomic mass is 16.3. The lowest BCUT2D eigenvalue weighted by molar-refractivity contribution is -0.104. The highest BCUT2D eigenvalue weighted by Gasteiger charge is 2.61. The fraction of sp³-hybridized carbons (Fsp3) is 0.778. The van der Waals surface area contributed by atoms with Gasteiger partial charge in [0.25, 0.3) is 0 Å². The molecule has 0 saturated heterocycles. The first kappa shape index (κ1) is 20.8. The van der Waals surface area contributed by atoms with E-state index in [0.717, 1.165) is 56.3 Å². The van der Waals surface area contributed by atoms with E-state index in [1.165, 1.54) is 31.2 Å². The summed E-state index contributed by atoms with van der Waals surface area (Å²) in [6.45, 7) is 7.10. The molecule has 166 valence electrons. The van der Waals surface area contributed by atoms with Gasteiger partial charge in [-0.15, -0.1) is 0 Å². The molecule has 0 aliphatic heterocycles. The molecule has 5 rings (SSSR count). The van der Waals surface area contributed by atoms with Crippen molar-refractivity contribution in [2.24, 2.45) is 34.5 Å². The van der Waals surface area contributed by atoms with Crippen molar-refractivity contribution in [2.45, 2.75) is 96.7 Å². The molecule has 0 unspecified atom stereocenters. The van der Waals surface area contributed by atoms with Gasteiger partial charge in [-0.3, -0.25) is 0 Å². The molecule has 0 spiro atoms. The SMILES string of the molecule is C[C@]12CC[C@H]3[C@@H](CC=C4C[C@@H](O)CC[C@@]43C)[C@@H]1CC[C@@H]2[C@](C)(O)CCc1ccoc1. The van der Waals surface area contributed by atoms with Gasteiger partial charge in [-0.25, -0.2) is 0 Å². The molecular weight excluding hydrogens is 372 g/mol. The maximum Gasteiger partial charge on any atom is 0.0934 e. The molecule has 0 amide bonds. The third-order valence-corrected chi connectivity index (χ3v) is 10.3. The molecule has 3 nitrogen and oxygen atoms in total. The molecule has 4 aliphatic carbocycles. The van der Waals surface area contributed by atoms with Crippen LogP contribution in [0.5, 0.6) is 0 Å². The van der Waals surface area contributed by atoms with Crippen molar-refractivity contribution in [3.63, 3.8) is 0 Å². The van der Waals surface area contributed by atoms with E-state index in [1.54, 1.807) is 11.8 Å². The standard InChI is InChI=1S/C27H40O3/c1-25-12-9-20(28)16-19(25)4-5-21-22-6-7-24(26(22,2)13-10-23(21)25)27(3,29)14-8-18-11-15-30-17-18/h4,11,15,17,20-24,28-29H,5-10,12-14,16H2,1-3H3/t20-,21-,22-,23-,24-,25-,26-,27+/m0/s1. The number of hydrogen-bond acceptors (Lipinski definition) is 3. The van der Waals surface area contributed by atoms with E-state index >= 15 is 0 Å². The number of fused-ring (bicyclic) bond motifs is 5. The van der Waals surface area contributed by atoms with Crippen molar-refractivity contribution < 1.29 is 14.6 Å². The average molecular weight is 413 g/mol. The summed E-state index contributed by atoms with van der Waals surface area (Å²) in [7, 11) is 0. The predicted molar refractivity (Wildman–Crippen MR) is 119 cm³/mol. The Morgan fingerprint density at radius 1 is 1.13 bits per heavy atom. The van der Waals surface area contributed by atoms with E-state index in [4.69, 9.17) is 4.42 Å². The van der Waals surface area contributed by atoms with Crippen LogP contribution in [0.3, 0.4) is 0 Å². The van der Waals surface area contributed by atoms with E-state index in [0.29, 0.717) is 11.3 Å². The zero-order chi connectivity index (χ0) is 21.1. The number of allylic oxidation sites excluding steroid dienone is 1. The molecule has 0 radical (unpaired) electrons. The normalized spacial score (nSPS) is 45.1. The lowest BCUT2D eigenvalue weighted by atomic mass is 9.46. The number of aryl methyl sites for hydroxylation is 1. The molecule has 3 heteroatoms. The number of hydrogen-bond donors (Lipinski definition) is 2. The summed E-state index contributed by atoms with van der Waals surface area (Å²) in [5.74, 6) is 2.62. The van der Waals surface area contributed by atoms with E-state index in [2.05, 4.69) is 26.8 Å². The maximum absolute atomic E-state index is 11.6. The van der Waals surface area contributed by atoms with E-state index < -0.39 is 5.60 Å². The molecular formula is C27H40O3. The van der Waals surface area contributed by atoms with Gasteiger partial charge in [0.05, 0.1) is 24.2 Å². The van der Waals surface area contributed by atoms with Gasteiger partial charge < -0.3 is 14.6 Å². The fourth-order valence-corrected chi connectivity index (χ4v) is 8.67. The molecule has 1 heterocycles. The van der Waals surface area contributed by atoms with Gasteiger partial charge in [0.2, 0.25) is 0 Å². The minimum Gasteiger partial charge on any atom is -0.472 e. The van der Waals surface area contributed by atoms with Crippen LogP contribution in [-0.2, 0) is 6.42 Å². The summed E-state index contributed by atoms with van der Waals surface area (Å²) >= 11 is 0. The van der Waals surface area contributed by atoms with Crippen molar-refractivity contribution in [1.29, 1.82) is 0 Å². The molecule has 0 aromatic carbocycles. The van der Waals surface area contributed by atoms with Crippen LogP contribution in [-0.4, -0.2) is 21.9 Å². The third kappa shape index (κ3) is 3.14. The quantitative estimate of drug-likeness (QED) is 0.605. The molecule has 4 aliphatic rings. The summed E-state index contributed by atoms with van der Waals surface area (Å²) in [4.78, 5) is 0. The van der Waals surface area contributed by atoms with Crippen LogP contribution in [0.15, 0.2) is 34.7 Å². The topological polar surface area (TPSA) is 53.6 Å². The molecule has 0 bridgehead atoms. The first-order chi connectivity index (χ1) is 14.2. The molecule has 1 aromatic heterocycles.